The van der Waals surface area contributed by atoms with Gasteiger partial charge >= 0.3 is 0 Å². The normalized spacial score (nSPS) is 14.4. The molecule has 0 radical (unpaired) electrons. The summed E-state index contributed by atoms with van der Waals surface area (Å²) in [7, 11) is 0. The van der Waals surface area contributed by atoms with E-state index in [1.807, 2.05) is 85.1 Å². The molecule has 1 aliphatic rings. The Morgan fingerprint density at radius 2 is 1.71 bits per heavy atom. The molecule has 1 atom stereocenters. The number of thioether (sulfide) groups is 1. The third-order valence-corrected chi connectivity index (χ3v) is 5.49. The number of ether oxygens (including phenoxy) is 2. The van der Waals surface area contributed by atoms with E-state index < -0.39 is 6.23 Å². The topological polar surface area (TPSA) is 69.2 Å². The summed E-state index contributed by atoms with van der Waals surface area (Å²) in [6, 6.07) is 25.9. The Labute approximate surface area is 184 Å². The van der Waals surface area contributed by atoms with Gasteiger partial charge in [-0.1, -0.05) is 72.4 Å². The monoisotopic (exact) mass is 428 g/mol. The number of fused-ring (bicyclic) bond motifs is 3. The van der Waals surface area contributed by atoms with Gasteiger partial charge in [-0.05, 0) is 30.0 Å². The van der Waals surface area contributed by atoms with Gasteiger partial charge in [0.1, 0.15) is 12.4 Å². The number of benzene rings is 3. The van der Waals surface area contributed by atoms with Crippen LogP contribution in [-0.4, -0.2) is 21.4 Å². The van der Waals surface area contributed by atoms with Crippen LogP contribution < -0.4 is 14.8 Å². The number of hydrogen-bond acceptors (Lipinski definition) is 7. The Bertz CT molecular complexity index is 1200. The standard InChI is InChI=1S/C24H20N4O2S/c1-31-24-26-23-21(27-28-24)17-11-5-7-13-19(17)25-22(30-23)18-12-6-8-14-20(18)29-15-16-9-3-2-4-10-16/h2-14,22,25H,15H2,1H3/t22-/m0/s1. The molecule has 1 aromatic heterocycles. The largest absolute Gasteiger partial charge is 0.488 e. The molecule has 5 rings (SSSR count). The van der Waals surface area contributed by atoms with Crippen molar-refractivity contribution in [2.75, 3.05) is 11.6 Å². The summed E-state index contributed by atoms with van der Waals surface area (Å²) < 4.78 is 12.5. The quantitative estimate of drug-likeness (QED) is 0.430. The first-order valence-corrected chi connectivity index (χ1v) is 11.1. The van der Waals surface area contributed by atoms with Gasteiger partial charge in [-0.3, -0.25) is 0 Å². The number of hydrogen-bond donors (Lipinski definition) is 1. The molecule has 0 amide bonds. The van der Waals surface area contributed by atoms with Crippen LogP contribution in [0.4, 0.5) is 5.69 Å². The molecule has 0 aliphatic carbocycles. The van der Waals surface area contributed by atoms with Crippen LogP contribution in [0.2, 0.25) is 0 Å². The lowest BCUT2D eigenvalue weighted by Crippen LogP contribution is -2.18. The van der Waals surface area contributed by atoms with Crippen molar-refractivity contribution in [3.8, 4) is 22.9 Å². The molecule has 6 nitrogen and oxygen atoms in total. The summed E-state index contributed by atoms with van der Waals surface area (Å²) in [6.45, 7) is 0.470. The van der Waals surface area contributed by atoms with Crippen LogP contribution in [-0.2, 0) is 6.61 Å². The maximum atomic E-state index is 6.34. The molecule has 0 bridgehead atoms. The van der Waals surface area contributed by atoms with E-state index in [4.69, 9.17) is 9.47 Å². The average molecular weight is 429 g/mol. The molecule has 0 saturated carbocycles. The molecular weight excluding hydrogens is 408 g/mol. The number of nitrogens with zero attached hydrogens (tertiary/aromatic N) is 3. The van der Waals surface area contributed by atoms with Crippen LogP contribution in [0.25, 0.3) is 11.3 Å². The van der Waals surface area contributed by atoms with Crippen molar-refractivity contribution in [1.29, 1.82) is 0 Å². The van der Waals surface area contributed by atoms with Gasteiger partial charge in [0.05, 0.1) is 5.56 Å². The summed E-state index contributed by atoms with van der Waals surface area (Å²) in [6.07, 6.45) is 1.41. The maximum absolute atomic E-state index is 6.34. The SMILES string of the molecule is CSc1nnc2c(n1)O[C@@H](c1ccccc1OCc1ccccc1)Nc1ccccc1-2. The minimum Gasteiger partial charge on any atom is -0.488 e. The minimum absolute atomic E-state index is 0.444. The van der Waals surface area contributed by atoms with E-state index >= 15 is 0 Å². The zero-order chi connectivity index (χ0) is 21.0. The van der Waals surface area contributed by atoms with Crippen LogP contribution in [0.3, 0.4) is 0 Å². The van der Waals surface area contributed by atoms with Crippen LogP contribution in [0.5, 0.6) is 11.6 Å². The molecule has 2 heterocycles. The van der Waals surface area contributed by atoms with Crippen molar-refractivity contribution in [3.63, 3.8) is 0 Å². The van der Waals surface area contributed by atoms with Crippen LogP contribution >= 0.6 is 11.8 Å². The van der Waals surface area contributed by atoms with Crippen molar-refractivity contribution in [1.82, 2.24) is 15.2 Å². The highest BCUT2D eigenvalue weighted by Gasteiger charge is 2.27. The molecular formula is C24H20N4O2S. The highest BCUT2D eigenvalue weighted by molar-refractivity contribution is 7.98. The lowest BCUT2D eigenvalue weighted by Gasteiger charge is -2.22. The molecule has 0 saturated heterocycles. The van der Waals surface area contributed by atoms with Gasteiger partial charge in [-0.2, -0.15) is 4.98 Å². The molecule has 0 spiro atoms. The second kappa shape index (κ2) is 8.65. The van der Waals surface area contributed by atoms with Gasteiger partial charge in [0.2, 0.25) is 17.3 Å². The number of anilines is 1. The summed E-state index contributed by atoms with van der Waals surface area (Å²) in [5.74, 6) is 1.19. The van der Waals surface area contributed by atoms with Crippen LogP contribution in [0.15, 0.2) is 84.0 Å². The molecule has 0 unspecified atom stereocenters. The molecule has 31 heavy (non-hydrogen) atoms. The van der Waals surface area contributed by atoms with Crippen molar-refractivity contribution >= 4 is 17.4 Å². The molecule has 0 fully saturated rings. The van der Waals surface area contributed by atoms with E-state index in [1.165, 1.54) is 11.8 Å². The fraction of sp³-hybridized carbons (Fsp3) is 0.125. The Morgan fingerprint density at radius 3 is 2.58 bits per heavy atom. The molecule has 7 heteroatoms. The first-order valence-electron chi connectivity index (χ1n) is 9.89. The highest BCUT2D eigenvalue weighted by Crippen LogP contribution is 2.41. The predicted molar refractivity (Wildman–Crippen MR) is 121 cm³/mol. The smallest absolute Gasteiger partial charge is 0.247 e. The minimum atomic E-state index is -0.499. The van der Waals surface area contributed by atoms with E-state index in [9.17, 15) is 0 Å². The average Bonchev–Trinajstić information content (AvgIpc) is 3.00. The van der Waals surface area contributed by atoms with Gasteiger partial charge in [0.25, 0.3) is 0 Å². The Balaban J connectivity index is 1.52. The van der Waals surface area contributed by atoms with Crippen molar-refractivity contribution in [2.45, 2.75) is 18.0 Å². The van der Waals surface area contributed by atoms with Crippen LogP contribution in [0.1, 0.15) is 17.4 Å². The number of para-hydroxylation sites is 2. The van der Waals surface area contributed by atoms with Crippen LogP contribution in [0, 0.1) is 0 Å². The van der Waals surface area contributed by atoms with Gasteiger partial charge < -0.3 is 14.8 Å². The van der Waals surface area contributed by atoms with E-state index in [0.717, 1.165) is 28.1 Å². The Morgan fingerprint density at radius 1 is 0.935 bits per heavy atom. The van der Waals surface area contributed by atoms with Crippen molar-refractivity contribution in [3.05, 3.63) is 90.0 Å². The summed E-state index contributed by atoms with van der Waals surface area (Å²) in [5.41, 5.74) is 4.40. The Kier molecular flexibility index (Phi) is 5.41. The maximum Gasteiger partial charge on any atom is 0.247 e. The number of rotatable bonds is 5. The van der Waals surface area contributed by atoms with Gasteiger partial charge in [-0.15, -0.1) is 10.2 Å². The summed E-state index contributed by atoms with van der Waals surface area (Å²) in [4.78, 5) is 4.58. The number of aromatic nitrogens is 3. The summed E-state index contributed by atoms with van der Waals surface area (Å²) in [5, 5.41) is 12.6. The lowest BCUT2D eigenvalue weighted by atomic mass is 10.1. The van der Waals surface area contributed by atoms with E-state index in [0.29, 0.717) is 23.3 Å². The van der Waals surface area contributed by atoms with E-state index in [2.05, 4.69) is 20.5 Å². The third kappa shape index (κ3) is 4.04. The molecule has 1 N–H and O–H groups in total. The molecule has 154 valence electrons. The van der Waals surface area contributed by atoms with Gasteiger partial charge in [0, 0.05) is 11.3 Å². The van der Waals surface area contributed by atoms with E-state index in [1.54, 1.807) is 0 Å². The summed E-state index contributed by atoms with van der Waals surface area (Å²) >= 11 is 1.43. The molecule has 3 aromatic carbocycles. The number of nitrogens with one attached hydrogen (secondary N) is 1. The lowest BCUT2D eigenvalue weighted by molar-refractivity contribution is 0.214. The second-order valence-electron chi connectivity index (χ2n) is 6.95. The zero-order valence-corrected chi connectivity index (χ0v) is 17.7. The highest BCUT2D eigenvalue weighted by atomic mass is 32.2. The third-order valence-electron chi connectivity index (χ3n) is 4.95. The fourth-order valence-electron chi connectivity index (χ4n) is 3.44. The zero-order valence-electron chi connectivity index (χ0n) is 16.9. The Hall–Kier alpha value is -3.58. The van der Waals surface area contributed by atoms with Crippen molar-refractivity contribution in [2.24, 2.45) is 0 Å². The predicted octanol–water partition coefficient (Wildman–Crippen LogP) is 5.34. The van der Waals surface area contributed by atoms with Gasteiger partial charge in [0.15, 0.2) is 5.69 Å². The first kappa shape index (κ1) is 19.4. The first-order chi connectivity index (χ1) is 15.3. The van der Waals surface area contributed by atoms with Gasteiger partial charge in [-0.25, -0.2) is 0 Å². The second-order valence-corrected chi connectivity index (χ2v) is 7.73. The fourth-order valence-corrected chi connectivity index (χ4v) is 3.74. The van der Waals surface area contributed by atoms with E-state index in [-0.39, 0.29) is 0 Å². The molecule has 1 aliphatic heterocycles. The molecule has 4 aromatic rings. The van der Waals surface area contributed by atoms with Crippen molar-refractivity contribution < 1.29 is 9.47 Å².